The second-order valence-electron chi connectivity index (χ2n) is 8.66. The standard InChI is InChI=1S/C23H33N5O3S/c1-17-20(22(30)26-23(25-17)28-10-12-31-13-11-28)4-5-21(29)24-15-18-6-8-27(9-7-18)16-19-3-2-14-32-19/h2-3,14,18H,4-13,15-16H2,1H3,(H,24,29)(H,25,26,30). The largest absolute Gasteiger partial charge is 0.378 e. The zero-order valence-corrected chi connectivity index (χ0v) is 19.6. The molecule has 4 heterocycles. The van der Waals surface area contributed by atoms with Gasteiger partial charge in [0.1, 0.15) is 0 Å². The number of nitrogens with one attached hydrogen (secondary N) is 2. The average molecular weight is 460 g/mol. The Morgan fingerprint density at radius 3 is 2.75 bits per heavy atom. The molecule has 8 nitrogen and oxygen atoms in total. The summed E-state index contributed by atoms with van der Waals surface area (Å²) in [6.07, 6.45) is 2.93. The summed E-state index contributed by atoms with van der Waals surface area (Å²) >= 11 is 1.81. The molecule has 2 aliphatic heterocycles. The van der Waals surface area contributed by atoms with Gasteiger partial charge in [-0.25, -0.2) is 4.98 Å². The summed E-state index contributed by atoms with van der Waals surface area (Å²) in [5, 5.41) is 5.20. The van der Waals surface area contributed by atoms with Gasteiger partial charge in [-0.15, -0.1) is 11.3 Å². The zero-order chi connectivity index (χ0) is 22.3. The highest BCUT2D eigenvalue weighted by Gasteiger charge is 2.21. The topological polar surface area (TPSA) is 90.6 Å². The molecule has 2 N–H and O–H groups in total. The number of carbonyl (C=O) groups excluding carboxylic acids is 1. The lowest BCUT2D eigenvalue weighted by atomic mass is 9.96. The molecule has 2 fully saturated rings. The molecular formula is C23H33N5O3S. The maximum Gasteiger partial charge on any atom is 0.255 e. The normalized spacial score (nSPS) is 18.1. The van der Waals surface area contributed by atoms with Crippen LogP contribution >= 0.6 is 11.3 Å². The Hall–Kier alpha value is -2.23. The molecule has 0 aromatic carbocycles. The Kier molecular flexibility index (Phi) is 7.94. The Labute approximate surface area is 193 Å². The fourth-order valence-corrected chi connectivity index (χ4v) is 5.12. The number of H-pyrrole nitrogens is 1. The number of thiophene rings is 1. The first-order chi connectivity index (χ1) is 15.6. The van der Waals surface area contributed by atoms with Crippen LogP contribution in [0.2, 0.25) is 0 Å². The highest BCUT2D eigenvalue weighted by atomic mass is 32.1. The Bertz CT molecular complexity index is 932. The zero-order valence-electron chi connectivity index (χ0n) is 18.8. The van der Waals surface area contributed by atoms with Crippen LogP contribution < -0.4 is 15.8 Å². The SMILES string of the molecule is Cc1nc(N2CCOCC2)[nH]c(=O)c1CCC(=O)NCC1CCN(Cc2cccs2)CC1. The Morgan fingerprint density at radius 2 is 2.06 bits per heavy atom. The van der Waals surface area contributed by atoms with Crippen LogP contribution in [-0.2, 0) is 22.5 Å². The second-order valence-corrected chi connectivity index (χ2v) is 9.69. The second kappa shape index (κ2) is 11.1. The van der Waals surface area contributed by atoms with E-state index in [0.29, 0.717) is 49.2 Å². The van der Waals surface area contributed by atoms with Crippen molar-refractivity contribution in [2.75, 3.05) is 50.8 Å². The van der Waals surface area contributed by atoms with Gasteiger partial charge in [0.15, 0.2) is 0 Å². The predicted octanol–water partition coefficient (Wildman–Crippen LogP) is 1.94. The van der Waals surface area contributed by atoms with Crippen molar-refractivity contribution in [1.82, 2.24) is 20.2 Å². The summed E-state index contributed by atoms with van der Waals surface area (Å²) in [4.78, 5) is 38.4. The highest BCUT2D eigenvalue weighted by Crippen LogP contribution is 2.20. The summed E-state index contributed by atoms with van der Waals surface area (Å²) in [6, 6.07) is 4.29. The van der Waals surface area contributed by atoms with E-state index in [2.05, 4.69) is 37.7 Å². The minimum absolute atomic E-state index is 0.00192. The molecule has 32 heavy (non-hydrogen) atoms. The fourth-order valence-electron chi connectivity index (χ4n) is 4.37. The molecule has 2 aromatic heterocycles. The number of anilines is 1. The molecule has 0 unspecified atom stereocenters. The number of ether oxygens (including phenoxy) is 1. The lowest BCUT2D eigenvalue weighted by Gasteiger charge is -2.31. The first-order valence-corrected chi connectivity index (χ1v) is 12.4. The monoisotopic (exact) mass is 459 g/mol. The van der Waals surface area contributed by atoms with Crippen LogP contribution in [0.4, 0.5) is 5.95 Å². The van der Waals surface area contributed by atoms with Gasteiger partial charge in [0.25, 0.3) is 5.56 Å². The number of hydrogen-bond donors (Lipinski definition) is 2. The van der Waals surface area contributed by atoms with Crippen LogP contribution in [0.3, 0.4) is 0 Å². The minimum Gasteiger partial charge on any atom is -0.378 e. The van der Waals surface area contributed by atoms with Gasteiger partial charge in [-0.3, -0.25) is 19.5 Å². The molecule has 2 aliphatic rings. The number of nitrogens with zero attached hydrogens (tertiary/aromatic N) is 3. The number of aryl methyl sites for hydroxylation is 1. The van der Waals surface area contributed by atoms with Gasteiger partial charge in [0.05, 0.1) is 13.2 Å². The van der Waals surface area contributed by atoms with Gasteiger partial charge < -0.3 is 15.0 Å². The molecule has 0 saturated carbocycles. The minimum atomic E-state index is -0.148. The number of piperidine rings is 1. The van der Waals surface area contributed by atoms with E-state index in [4.69, 9.17) is 4.74 Å². The molecule has 2 saturated heterocycles. The molecule has 4 rings (SSSR count). The number of morpholine rings is 1. The molecule has 2 aromatic rings. The van der Waals surface area contributed by atoms with Gasteiger partial charge in [-0.1, -0.05) is 6.07 Å². The first kappa shape index (κ1) is 22.9. The maximum atomic E-state index is 12.6. The molecule has 0 aliphatic carbocycles. The van der Waals surface area contributed by atoms with Crippen LogP contribution in [0.15, 0.2) is 22.3 Å². The Balaban J connectivity index is 1.19. The summed E-state index contributed by atoms with van der Waals surface area (Å²) in [5.41, 5.74) is 1.14. The van der Waals surface area contributed by atoms with E-state index in [1.54, 1.807) is 0 Å². The van der Waals surface area contributed by atoms with Crippen LogP contribution in [0.25, 0.3) is 0 Å². The quantitative estimate of drug-likeness (QED) is 0.627. The van der Waals surface area contributed by atoms with Crippen molar-refractivity contribution in [3.05, 3.63) is 44.0 Å². The number of aromatic nitrogens is 2. The van der Waals surface area contributed by atoms with Gasteiger partial charge in [-0.2, -0.15) is 0 Å². The summed E-state index contributed by atoms with van der Waals surface area (Å²) in [7, 11) is 0. The fraction of sp³-hybridized carbons (Fsp3) is 0.609. The molecule has 9 heteroatoms. The number of carbonyl (C=O) groups is 1. The summed E-state index contributed by atoms with van der Waals surface area (Å²) < 4.78 is 5.36. The van der Waals surface area contributed by atoms with E-state index in [-0.39, 0.29) is 11.5 Å². The van der Waals surface area contributed by atoms with Gasteiger partial charge in [0, 0.05) is 48.7 Å². The average Bonchev–Trinajstić information content (AvgIpc) is 3.31. The van der Waals surface area contributed by atoms with Crippen molar-refractivity contribution in [1.29, 1.82) is 0 Å². The van der Waals surface area contributed by atoms with E-state index in [0.717, 1.165) is 52.1 Å². The third kappa shape index (κ3) is 6.17. The smallest absolute Gasteiger partial charge is 0.255 e. The summed E-state index contributed by atoms with van der Waals surface area (Å²) in [6.45, 7) is 8.46. The van der Waals surface area contributed by atoms with Gasteiger partial charge in [0.2, 0.25) is 11.9 Å². The van der Waals surface area contributed by atoms with Crippen LogP contribution in [0.5, 0.6) is 0 Å². The molecular weight excluding hydrogens is 426 g/mol. The lowest BCUT2D eigenvalue weighted by molar-refractivity contribution is -0.121. The molecule has 0 atom stereocenters. The third-order valence-electron chi connectivity index (χ3n) is 6.38. The number of amides is 1. The van der Waals surface area contributed by atoms with E-state index in [1.165, 1.54) is 4.88 Å². The number of rotatable bonds is 8. The molecule has 174 valence electrons. The van der Waals surface area contributed by atoms with Crippen LogP contribution in [0.1, 0.15) is 35.4 Å². The van der Waals surface area contributed by atoms with Crippen LogP contribution in [0, 0.1) is 12.8 Å². The summed E-state index contributed by atoms with van der Waals surface area (Å²) in [5.74, 6) is 1.12. The van der Waals surface area contributed by atoms with Crippen molar-refractivity contribution >= 4 is 23.2 Å². The third-order valence-corrected chi connectivity index (χ3v) is 7.24. The van der Waals surface area contributed by atoms with Crippen molar-refractivity contribution in [2.45, 2.75) is 39.2 Å². The van der Waals surface area contributed by atoms with E-state index in [9.17, 15) is 9.59 Å². The van der Waals surface area contributed by atoms with E-state index in [1.807, 2.05) is 23.2 Å². The predicted molar refractivity (Wildman–Crippen MR) is 126 cm³/mol. The molecule has 0 bridgehead atoms. The molecule has 0 radical (unpaired) electrons. The number of likely N-dealkylation sites (tertiary alicyclic amines) is 1. The molecule has 0 spiro atoms. The van der Waals surface area contributed by atoms with Crippen molar-refractivity contribution in [3.63, 3.8) is 0 Å². The highest BCUT2D eigenvalue weighted by molar-refractivity contribution is 7.09. The molecule has 1 amide bonds. The maximum absolute atomic E-state index is 12.6. The van der Waals surface area contributed by atoms with E-state index < -0.39 is 0 Å². The van der Waals surface area contributed by atoms with E-state index >= 15 is 0 Å². The van der Waals surface area contributed by atoms with Crippen LogP contribution in [-0.4, -0.2) is 66.7 Å². The van der Waals surface area contributed by atoms with Crippen molar-refractivity contribution < 1.29 is 9.53 Å². The number of aromatic amines is 1. The number of hydrogen-bond acceptors (Lipinski definition) is 7. The first-order valence-electron chi connectivity index (χ1n) is 11.5. The lowest BCUT2D eigenvalue weighted by Crippen LogP contribution is -2.39. The van der Waals surface area contributed by atoms with Gasteiger partial charge in [-0.05, 0) is 56.6 Å². The van der Waals surface area contributed by atoms with Crippen molar-refractivity contribution in [2.24, 2.45) is 5.92 Å². The Morgan fingerprint density at radius 1 is 1.28 bits per heavy atom. The van der Waals surface area contributed by atoms with Gasteiger partial charge >= 0.3 is 0 Å². The van der Waals surface area contributed by atoms with Crippen molar-refractivity contribution in [3.8, 4) is 0 Å².